The average Bonchev–Trinajstić information content (AvgIpc) is 2.32. The quantitative estimate of drug-likeness (QED) is 0.885. The molecule has 2 aromatic rings. The molecule has 0 fully saturated rings. The number of nitrogens with two attached hydrogens (primary N) is 1. The number of nitrogens with zero attached hydrogens (tertiary/aromatic N) is 2. The molecule has 0 aliphatic rings. The summed E-state index contributed by atoms with van der Waals surface area (Å²) in [6.45, 7) is 3.73. The van der Waals surface area contributed by atoms with E-state index in [2.05, 4.69) is 15.3 Å². The van der Waals surface area contributed by atoms with Gasteiger partial charge in [0.2, 0.25) is 5.95 Å². The minimum atomic E-state index is -4.56. The summed E-state index contributed by atoms with van der Waals surface area (Å²) >= 11 is 0. The summed E-state index contributed by atoms with van der Waals surface area (Å²) in [5.41, 5.74) is 6.79. The molecule has 0 spiro atoms. The third-order valence-corrected chi connectivity index (χ3v) is 2.69. The third kappa shape index (κ3) is 3.17. The first-order valence-corrected chi connectivity index (χ1v) is 5.82. The number of anilines is 3. The van der Waals surface area contributed by atoms with Gasteiger partial charge in [0.1, 0.15) is 5.82 Å². The van der Waals surface area contributed by atoms with E-state index in [1.165, 1.54) is 0 Å². The molecule has 0 saturated carbocycles. The Hall–Kier alpha value is -2.31. The predicted molar refractivity (Wildman–Crippen MR) is 70.6 cm³/mol. The maximum absolute atomic E-state index is 12.7. The van der Waals surface area contributed by atoms with Gasteiger partial charge in [0.05, 0.1) is 0 Å². The Bertz CT molecular complexity index is 638. The van der Waals surface area contributed by atoms with Crippen LogP contribution in [0.5, 0.6) is 0 Å². The Morgan fingerprint density at radius 2 is 1.80 bits per heavy atom. The molecule has 2 rings (SSSR count). The first kappa shape index (κ1) is 14.1. The fraction of sp³-hybridized carbons (Fsp3) is 0.231. The molecule has 0 bridgehead atoms. The van der Waals surface area contributed by atoms with Crippen LogP contribution in [0.3, 0.4) is 0 Å². The van der Waals surface area contributed by atoms with Crippen LogP contribution in [0.2, 0.25) is 0 Å². The summed E-state index contributed by atoms with van der Waals surface area (Å²) in [6.07, 6.45) is -4.56. The van der Waals surface area contributed by atoms with E-state index < -0.39 is 17.8 Å². The molecule has 1 aromatic heterocycles. The van der Waals surface area contributed by atoms with Gasteiger partial charge in [-0.05, 0) is 31.0 Å². The van der Waals surface area contributed by atoms with E-state index in [9.17, 15) is 13.2 Å². The number of nitrogen functional groups attached to an aromatic ring is 1. The van der Waals surface area contributed by atoms with E-state index in [0.717, 1.165) is 17.2 Å². The largest absolute Gasteiger partial charge is 0.433 e. The fourth-order valence-electron chi connectivity index (χ4n) is 1.68. The summed E-state index contributed by atoms with van der Waals surface area (Å²) in [5.74, 6) is -0.411. The van der Waals surface area contributed by atoms with Crippen molar-refractivity contribution >= 4 is 17.5 Å². The van der Waals surface area contributed by atoms with Crippen molar-refractivity contribution < 1.29 is 13.2 Å². The van der Waals surface area contributed by atoms with Gasteiger partial charge in [-0.15, -0.1) is 0 Å². The van der Waals surface area contributed by atoms with Gasteiger partial charge in [0.15, 0.2) is 5.69 Å². The van der Waals surface area contributed by atoms with E-state index in [-0.39, 0.29) is 5.82 Å². The van der Waals surface area contributed by atoms with E-state index in [1.54, 1.807) is 0 Å². The smallest absolute Gasteiger partial charge is 0.368 e. The van der Waals surface area contributed by atoms with Gasteiger partial charge in [-0.1, -0.05) is 12.1 Å². The summed E-state index contributed by atoms with van der Waals surface area (Å²) < 4.78 is 38.0. The van der Waals surface area contributed by atoms with Crippen molar-refractivity contribution in [1.82, 2.24) is 9.97 Å². The van der Waals surface area contributed by atoms with Crippen LogP contribution in [-0.4, -0.2) is 9.97 Å². The van der Waals surface area contributed by atoms with Gasteiger partial charge in [-0.2, -0.15) is 18.2 Å². The van der Waals surface area contributed by atoms with Gasteiger partial charge < -0.3 is 11.1 Å². The second-order valence-electron chi connectivity index (χ2n) is 4.44. The van der Waals surface area contributed by atoms with Gasteiger partial charge in [-0.3, -0.25) is 0 Å². The van der Waals surface area contributed by atoms with Crippen LogP contribution >= 0.6 is 0 Å². The molecule has 0 unspecified atom stereocenters. The van der Waals surface area contributed by atoms with Gasteiger partial charge in [-0.25, -0.2) is 4.98 Å². The van der Waals surface area contributed by atoms with Crippen LogP contribution in [0.25, 0.3) is 0 Å². The molecule has 3 N–H and O–H groups in total. The molecule has 0 saturated heterocycles. The molecule has 4 nitrogen and oxygen atoms in total. The Morgan fingerprint density at radius 1 is 1.10 bits per heavy atom. The number of aryl methyl sites for hydroxylation is 2. The van der Waals surface area contributed by atoms with Crippen LogP contribution < -0.4 is 11.1 Å². The Labute approximate surface area is 113 Å². The zero-order chi connectivity index (χ0) is 14.9. The number of rotatable bonds is 2. The Kier molecular flexibility index (Phi) is 3.52. The van der Waals surface area contributed by atoms with Crippen molar-refractivity contribution in [3.63, 3.8) is 0 Å². The highest BCUT2D eigenvalue weighted by Crippen LogP contribution is 2.30. The highest BCUT2D eigenvalue weighted by molar-refractivity contribution is 5.62. The second-order valence-corrected chi connectivity index (χ2v) is 4.44. The first-order valence-electron chi connectivity index (χ1n) is 5.82. The number of aromatic nitrogens is 2. The fourth-order valence-corrected chi connectivity index (χ4v) is 1.68. The molecule has 0 atom stereocenters. The van der Waals surface area contributed by atoms with Crippen molar-refractivity contribution in [1.29, 1.82) is 0 Å². The normalized spacial score (nSPS) is 11.4. The van der Waals surface area contributed by atoms with Gasteiger partial charge in [0.25, 0.3) is 0 Å². The van der Waals surface area contributed by atoms with E-state index in [1.807, 2.05) is 32.0 Å². The monoisotopic (exact) mass is 282 g/mol. The molecule has 0 amide bonds. The molecule has 20 heavy (non-hydrogen) atoms. The van der Waals surface area contributed by atoms with Crippen LogP contribution in [0.15, 0.2) is 24.3 Å². The maximum Gasteiger partial charge on any atom is 0.433 e. The lowest BCUT2D eigenvalue weighted by Crippen LogP contribution is -2.12. The van der Waals surface area contributed by atoms with Crippen molar-refractivity contribution in [3.05, 3.63) is 41.1 Å². The van der Waals surface area contributed by atoms with Crippen LogP contribution in [0.1, 0.15) is 16.8 Å². The zero-order valence-corrected chi connectivity index (χ0v) is 10.9. The van der Waals surface area contributed by atoms with Crippen molar-refractivity contribution in [3.8, 4) is 0 Å². The van der Waals surface area contributed by atoms with E-state index in [4.69, 9.17) is 5.73 Å². The third-order valence-electron chi connectivity index (χ3n) is 2.69. The second kappa shape index (κ2) is 4.99. The Balaban J connectivity index is 2.39. The lowest BCUT2D eigenvalue weighted by atomic mass is 10.1. The lowest BCUT2D eigenvalue weighted by Gasteiger charge is -2.12. The Morgan fingerprint density at radius 3 is 2.45 bits per heavy atom. The number of halogens is 3. The number of hydrogen-bond acceptors (Lipinski definition) is 4. The lowest BCUT2D eigenvalue weighted by molar-refractivity contribution is -0.141. The molecule has 7 heteroatoms. The highest BCUT2D eigenvalue weighted by atomic mass is 19.4. The van der Waals surface area contributed by atoms with Crippen LogP contribution in [0, 0.1) is 13.8 Å². The summed E-state index contributed by atoms with van der Waals surface area (Å²) in [6, 6.07) is 6.43. The minimum Gasteiger partial charge on any atom is -0.368 e. The molecular formula is C13H13F3N4. The van der Waals surface area contributed by atoms with Crippen molar-refractivity contribution in [2.75, 3.05) is 11.1 Å². The van der Waals surface area contributed by atoms with Crippen molar-refractivity contribution in [2.45, 2.75) is 20.0 Å². The van der Waals surface area contributed by atoms with E-state index >= 15 is 0 Å². The molecule has 0 radical (unpaired) electrons. The summed E-state index contributed by atoms with van der Waals surface area (Å²) in [4.78, 5) is 6.96. The minimum absolute atomic E-state index is 0.0125. The highest BCUT2D eigenvalue weighted by Gasteiger charge is 2.33. The SMILES string of the molecule is Cc1ccc(C)c(Nc2cc(C(F)(F)F)nc(N)n2)c1. The summed E-state index contributed by atoms with van der Waals surface area (Å²) in [7, 11) is 0. The first-order chi connectivity index (χ1) is 9.25. The predicted octanol–water partition coefficient (Wildman–Crippen LogP) is 3.44. The van der Waals surface area contributed by atoms with Crippen LogP contribution in [-0.2, 0) is 6.18 Å². The average molecular weight is 282 g/mol. The van der Waals surface area contributed by atoms with Gasteiger partial charge >= 0.3 is 6.18 Å². The number of hydrogen-bond donors (Lipinski definition) is 2. The number of nitrogens with one attached hydrogen (secondary N) is 1. The van der Waals surface area contributed by atoms with Crippen molar-refractivity contribution in [2.24, 2.45) is 0 Å². The molecule has 1 aromatic carbocycles. The topological polar surface area (TPSA) is 63.8 Å². The molecule has 0 aliphatic carbocycles. The molecule has 106 valence electrons. The van der Waals surface area contributed by atoms with E-state index in [0.29, 0.717) is 5.69 Å². The van der Waals surface area contributed by atoms with Gasteiger partial charge in [0, 0.05) is 11.8 Å². The molecule has 1 heterocycles. The number of alkyl halides is 3. The molecule has 0 aliphatic heterocycles. The summed E-state index contributed by atoms with van der Waals surface area (Å²) in [5, 5.41) is 2.84. The maximum atomic E-state index is 12.7. The van der Waals surface area contributed by atoms with Crippen LogP contribution in [0.4, 0.5) is 30.6 Å². The number of benzene rings is 1. The zero-order valence-electron chi connectivity index (χ0n) is 10.9. The molecular weight excluding hydrogens is 269 g/mol. The standard InChI is InChI=1S/C13H13F3N4/c1-7-3-4-8(2)9(5-7)18-11-6-10(13(14,15)16)19-12(17)20-11/h3-6H,1-2H3,(H3,17,18,19,20).